The first-order valence-corrected chi connectivity index (χ1v) is 4.99. The largest absolute Gasteiger partial charge is 0.494 e. The third-order valence-electron chi connectivity index (χ3n) is 2.46. The third-order valence-corrected chi connectivity index (χ3v) is 2.46. The molecular formula is C11H9N3O3. The molecule has 1 aliphatic heterocycles. The van der Waals surface area contributed by atoms with Gasteiger partial charge >= 0.3 is 5.69 Å². The number of hydrogen-bond acceptors (Lipinski definition) is 5. The summed E-state index contributed by atoms with van der Waals surface area (Å²) in [5.41, 5.74) is 0.252. The second kappa shape index (κ2) is 3.51. The molecule has 0 saturated carbocycles. The Labute approximate surface area is 96.2 Å². The van der Waals surface area contributed by atoms with Crippen LogP contribution >= 0.6 is 0 Å². The summed E-state index contributed by atoms with van der Waals surface area (Å²) in [5.74, 6) is 2.23. The molecule has 2 aromatic rings. The van der Waals surface area contributed by atoms with E-state index in [0.29, 0.717) is 28.8 Å². The van der Waals surface area contributed by atoms with Gasteiger partial charge in [0.05, 0.1) is 13.3 Å². The number of fused-ring (bicyclic) bond motifs is 2. The van der Waals surface area contributed by atoms with Crippen LogP contribution in [0.3, 0.4) is 0 Å². The zero-order chi connectivity index (χ0) is 11.8. The number of aromatic nitrogens is 2. The van der Waals surface area contributed by atoms with Crippen LogP contribution in [0.1, 0.15) is 0 Å². The SMILES string of the molecule is COc1cccc2c1Nc1[nH]c(=O)ncc1O2. The molecule has 0 radical (unpaired) electrons. The predicted molar refractivity (Wildman–Crippen MR) is 61.2 cm³/mol. The Kier molecular flexibility index (Phi) is 2.01. The van der Waals surface area contributed by atoms with Crippen molar-refractivity contribution in [3.63, 3.8) is 0 Å². The van der Waals surface area contributed by atoms with E-state index in [4.69, 9.17) is 9.47 Å². The first kappa shape index (κ1) is 9.71. The predicted octanol–water partition coefficient (Wildman–Crippen LogP) is 1.63. The topological polar surface area (TPSA) is 76.2 Å². The molecule has 6 heteroatoms. The molecule has 1 aromatic heterocycles. The van der Waals surface area contributed by atoms with E-state index in [1.807, 2.05) is 6.07 Å². The van der Waals surface area contributed by atoms with Crippen molar-refractivity contribution in [2.45, 2.75) is 0 Å². The molecule has 6 nitrogen and oxygen atoms in total. The molecule has 0 amide bonds. The number of methoxy groups -OCH3 is 1. The number of nitrogens with zero attached hydrogens (tertiary/aromatic N) is 1. The van der Waals surface area contributed by atoms with Crippen LogP contribution in [0, 0.1) is 0 Å². The fraction of sp³-hybridized carbons (Fsp3) is 0.0909. The molecule has 1 aromatic carbocycles. The quantitative estimate of drug-likeness (QED) is 0.665. The highest BCUT2D eigenvalue weighted by Crippen LogP contribution is 2.44. The van der Waals surface area contributed by atoms with E-state index in [0.717, 1.165) is 0 Å². The Hall–Kier alpha value is -2.50. The van der Waals surface area contributed by atoms with Gasteiger partial charge in [-0.1, -0.05) is 6.07 Å². The van der Waals surface area contributed by atoms with Gasteiger partial charge in [0.25, 0.3) is 0 Å². The molecule has 0 atom stereocenters. The highest BCUT2D eigenvalue weighted by molar-refractivity contribution is 5.77. The second-order valence-electron chi connectivity index (χ2n) is 3.49. The summed E-state index contributed by atoms with van der Waals surface area (Å²) in [5, 5.41) is 3.06. The standard InChI is InChI=1S/C11H9N3O3/c1-16-6-3-2-4-7-9(6)13-10-8(17-7)5-12-11(15)14-10/h2-5H,1H3,(H2,12,13,14,15). The Bertz CT molecular complexity index is 636. The van der Waals surface area contributed by atoms with Crippen LogP contribution in [0.2, 0.25) is 0 Å². The van der Waals surface area contributed by atoms with Crippen molar-refractivity contribution in [2.24, 2.45) is 0 Å². The van der Waals surface area contributed by atoms with Crippen LogP contribution in [0.25, 0.3) is 0 Å². The van der Waals surface area contributed by atoms with Gasteiger partial charge in [0.15, 0.2) is 17.3 Å². The number of para-hydroxylation sites is 1. The van der Waals surface area contributed by atoms with E-state index in [9.17, 15) is 4.79 Å². The van der Waals surface area contributed by atoms with Crippen molar-refractivity contribution in [3.05, 3.63) is 34.9 Å². The monoisotopic (exact) mass is 231 g/mol. The van der Waals surface area contributed by atoms with Crippen molar-refractivity contribution in [2.75, 3.05) is 12.4 Å². The summed E-state index contributed by atoms with van der Waals surface area (Å²) >= 11 is 0. The van der Waals surface area contributed by atoms with Crippen molar-refractivity contribution >= 4 is 11.5 Å². The first-order chi connectivity index (χ1) is 8.28. The molecule has 86 valence electrons. The van der Waals surface area contributed by atoms with Crippen LogP contribution in [-0.2, 0) is 0 Å². The summed E-state index contributed by atoms with van der Waals surface area (Å²) in [6, 6.07) is 5.43. The molecule has 2 heterocycles. The average molecular weight is 231 g/mol. The van der Waals surface area contributed by atoms with Crippen LogP contribution < -0.4 is 20.5 Å². The van der Waals surface area contributed by atoms with Gasteiger partial charge in [-0.2, -0.15) is 4.98 Å². The zero-order valence-corrected chi connectivity index (χ0v) is 8.98. The van der Waals surface area contributed by atoms with Gasteiger partial charge in [0.2, 0.25) is 0 Å². The van der Waals surface area contributed by atoms with Gasteiger partial charge in [0, 0.05) is 0 Å². The molecule has 2 N–H and O–H groups in total. The Morgan fingerprint density at radius 1 is 1.35 bits per heavy atom. The number of H-pyrrole nitrogens is 1. The lowest BCUT2D eigenvalue weighted by Gasteiger charge is -2.22. The van der Waals surface area contributed by atoms with E-state index in [1.54, 1.807) is 19.2 Å². The molecule has 3 rings (SSSR count). The van der Waals surface area contributed by atoms with Gasteiger partial charge in [0.1, 0.15) is 11.4 Å². The van der Waals surface area contributed by atoms with Crippen LogP contribution in [0.15, 0.2) is 29.2 Å². The Morgan fingerprint density at radius 2 is 2.24 bits per heavy atom. The normalized spacial score (nSPS) is 11.8. The summed E-state index contributed by atoms with van der Waals surface area (Å²) in [4.78, 5) is 17.3. The first-order valence-electron chi connectivity index (χ1n) is 4.99. The average Bonchev–Trinajstić information content (AvgIpc) is 2.35. The lowest BCUT2D eigenvalue weighted by atomic mass is 10.2. The maximum absolute atomic E-state index is 11.1. The number of hydrogen-bond donors (Lipinski definition) is 2. The van der Waals surface area contributed by atoms with Gasteiger partial charge in [-0.05, 0) is 12.1 Å². The number of rotatable bonds is 1. The molecule has 0 saturated heterocycles. The summed E-state index contributed by atoms with van der Waals surface area (Å²) in [6.07, 6.45) is 1.38. The fourth-order valence-electron chi connectivity index (χ4n) is 1.69. The lowest BCUT2D eigenvalue weighted by molar-refractivity contribution is 0.410. The Balaban J connectivity index is 2.14. The van der Waals surface area contributed by atoms with Gasteiger partial charge in [-0.15, -0.1) is 0 Å². The molecule has 0 fully saturated rings. The minimum Gasteiger partial charge on any atom is -0.494 e. The van der Waals surface area contributed by atoms with Gasteiger partial charge in [-0.25, -0.2) is 4.79 Å². The number of ether oxygens (including phenoxy) is 2. The molecule has 0 spiro atoms. The number of anilines is 2. The number of aromatic amines is 1. The van der Waals surface area contributed by atoms with Crippen LogP contribution in [0.5, 0.6) is 17.2 Å². The number of nitrogens with one attached hydrogen (secondary N) is 2. The molecule has 1 aliphatic rings. The van der Waals surface area contributed by atoms with E-state index >= 15 is 0 Å². The van der Waals surface area contributed by atoms with Crippen molar-refractivity contribution in [1.29, 1.82) is 0 Å². The molecule has 0 aliphatic carbocycles. The highest BCUT2D eigenvalue weighted by Gasteiger charge is 2.20. The van der Waals surface area contributed by atoms with E-state index in [-0.39, 0.29) is 0 Å². The van der Waals surface area contributed by atoms with Crippen LogP contribution in [0.4, 0.5) is 11.5 Å². The van der Waals surface area contributed by atoms with E-state index in [2.05, 4.69) is 15.3 Å². The zero-order valence-electron chi connectivity index (χ0n) is 8.98. The highest BCUT2D eigenvalue weighted by atomic mass is 16.5. The molecular weight excluding hydrogens is 222 g/mol. The van der Waals surface area contributed by atoms with Crippen molar-refractivity contribution in [3.8, 4) is 17.2 Å². The minimum atomic E-state index is -0.432. The van der Waals surface area contributed by atoms with Gasteiger partial charge < -0.3 is 14.8 Å². The Morgan fingerprint density at radius 3 is 3.06 bits per heavy atom. The van der Waals surface area contributed by atoms with Crippen molar-refractivity contribution < 1.29 is 9.47 Å². The fourth-order valence-corrected chi connectivity index (χ4v) is 1.69. The van der Waals surface area contributed by atoms with Gasteiger partial charge in [-0.3, -0.25) is 4.98 Å². The summed E-state index contributed by atoms with van der Waals surface area (Å²) in [7, 11) is 1.57. The molecule has 0 bridgehead atoms. The minimum absolute atomic E-state index is 0.432. The lowest BCUT2D eigenvalue weighted by Crippen LogP contribution is -2.15. The maximum Gasteiger partial charge on any atom is 0.346 e. The third kappa shape index (κ3) is 1.50. The van der Waals surface area contributed by atoms with E-state index < -0.39 is 5.69 Å². The number of benzene rings is 1. The van der Waals surface area contributed by atoms with E-state index in [1.165, 1.54) is 6.20 Å². The van der Waals surface area contributed by atoms with Crippen LogP contribution in [-0.4, -0.2) is 17.1 Å². The second-order valence-corrected chi connectivity index (χ2v) is 3.49. The molecule has 0 unspecified atom stereocenters. The summed E-state index contributed by atoms with van der Waals surface area (Å²) < 4.78 is 10.8. The van der Waals surface area contributed by atoms with Crippen molar-refractivity contribution in [1.82, 2.24) is 9.97 Å². The maximum atomic E-state index is 11.1. The summed E-state index contributed by atoms with van der Waals surface area (Å²) in [6.45, 7) is 0. The smallest absolute Gasteiger partial charge is 0.346 e. The molecule has 17 heavy (non-hydrogen) atoms.